The summed E-state index contributed by atoms with van der Waals surface area (Å²) in [6.07, 6.45) is 0. The molecule has 0 fully saturated rings. The largest absolute Gasteiger partial charge is 0.479 e. The first-order valence-corrected chi connectivity index (χ1v) is 5.10. The van der Waals surface area contributed by atoms with Gasteiger partial charge in [0.05, 0.1) is 10.7 Å². The fourth-order valence-corrected chi connectivity index (χ4v) is 1.24. The molecule has 1 aromatic rings. The zero-order valence-electron chi connectivity index (χ0n) is 8.37. The van der Waals surface area contributed by atoms with E-state index in [9.17, 15) is 9.59 Å². The molecule has 0 saturated heterocycles. The summed E-state index contributed by atoms with van der Waals surface area (Å²) in [5, 5.41) is 11.3. The van der Waals surface area contributed by atoms with Crippen LogP contribution in [0.4, 0.5) is 10.5 Å². The van der Waals surface area contributed by atoms with Crippen molar-refractivity contribution >= 4 is 40.9 Å². The third-order valence-electron chi connectivity index (χ3n) is 1.54. The molecule has 0 heterocycles. The maximum atomic E-state index is 11.2. The minimum absolute atomic E-state index is 0.288. The second kappa shape index (κ2) is 6.29. The Bertz CT molecular complexity index is 439. The van der Waals surface area contributed by atoms with Gasteiger partial charge in [0.2, 0.25) is 0 Å². The number of nitrogens with one attached hydrogen (secondary N) is 2. The minimum Gasteiger partial charge on any atom is -0.479 e. The SMILES string of the molecule is O=C(O)CONC(=O)Nc1cc(Cl)ccc1Cl. The van der Waals surface area contributed by atoms with Gasteiger partial charge >= 0.3 is 12.0 Å². The van der Waals surface area contributed by atoms with E-state index in [0.717, 1.165) is 0 Å². The van der Waals surface area contributed by atoms with Crippen molar-refractivity contribution in [3.63, 3.8) is 0 Å². The van der Waals surface area contributed by atoms with Gasteiger partial charge in [0.25, 0.3) is 0 Å². The molecule has 0 unspecified atom stereocenters. The molecule has 0 aliphatic heterocycles. The van der Waals surface area contributed by atoms with Crippen LogP contribution in [-0.2, 0) is 9.63 Å². The van der Waals surface area contributed by atoms with Gasteiger partial charge in [-0.15, -0.1) is 0 Å². The molecular weight excluding hydrogens is 271 g/mol. The lowest BCUT2D eigenvalue weighted by Crippen LogP contribution is -2.30. The summed E-state index contributed by atoms with van der Waals surface area (Å²) in [6.45, 7) is -0.642. The first kappa shape index (κ1) is 13.6. The Labute approximate surface area is 106 Å². The topological polar surface area (TPSA) is 87.7 Å². The molecule has 0 aliphatic rings. The maximum absolute atomic E-state index is 11.2. The number of rotatable bonds is 4. The van der Waals surface area contributed by atoms with Crippen molar-refractivity contribution in [3.05, 3.63) is 28.2 Å². The van der Waals surface area contributed by atoms with Crippen molar-refractivity contribution in [2.45, 2.75) is 0 Å². The number of anilines is 1. The number of carboxylic acids is 1. The van der Waals surface area contributed by atoms with Crippen molar-refractivity contribution < 1.29 is 19.5 Å². The molecule has 0 bridgehead atoms. The molecule has 8 heteroatoms. The molecule has 2 amide bonds. The van der Waals surface area contributed by atoms with E-state index < -0.39 is 18.6 Å². The Morgan fingerprint density at radius 3 is 2.71 bits per heavy atom. The van der Waals surface area contributed by atoms with E-state index in [2.05, 4.69) is 10.2 Å². The van der Waals surface area contributed by atoms with Crippen molar-refractivity contribution in [3.8, 4) is 0 Å². The molecule has 0 spiro atoms. The van der Waals surface area contributed by atoms with Crippen LogP contribution in [-0.4, -0.2) is 23.7 Å². The van der Waals surface area contributed by atoms with Gasteiger partial charge < -0.3 is 10.4 Å². The number of urea groups is 1. The van der Waals surface area contributed by atoms with E-state index in [-0.39, 0.29) is 5.69 Å². The first-order chi connectivity index (χ1) is 7.99. The van der Waals surface area contributed by atoms with Crippen molar-refractivity contribution in [2.75, 3.05) is 11.9 Å². The quantitative estimate of drug-likeness (QED) is 0.737. The summed E-state index contributed by atoms with van der Waals surface area (Å²) in [6, 6.07) is 3.77. The molecule has 6 nitrogen and oxygen atoms in total. The molecule has 0 radical (unpaired) electrons. The molecule has 0 aliphatic carbocycles. The van der Waals surface area contributed by atoms with E-state index in [1.54, 1.807) is 6.07 Å². The number of carbonyl (C=O) groups is 2. The maximum Gasteiger partial charge on any atom is 0.343 e. The van der Waals surface area contributed by atoms with Gasteiger partial charge in [-0.1, -0.05) is 23.2 Å². The smallest absolute Gasteiger partial charge is 0.343 e. The van der Waals surface area contributed by atoms with Gasteiger partial charge in [-0.05, 0) is 18.2 Å². The van der Waals surface area contributed by atoms with Gasteiger partial charge in [-0.25, -0.2) is 15.1 Å². The second-order valence-electron chi connectivity index (χ2n) is 2.86. The molecular formula is C9H8Cl2N2O4. The van der Waals surface area contributed by atoms with Gasteiger partial charge in [-0.3, -0.25) is 4.84 Å². The predicted octanol–water partition coefficient (Wildman–Crippen LogP) is 2.13. The van der Waals surface area contributed by atoms with Gasteiger partial charge in [0.15, 0.2) is 6.61 Å². The number of hydrogen-bond acceptors (Lipinski definition) is 3. The number of carbonyl (C=O) groups excluding carboxylic acids is 1. The number of amides is 2. The molecule has 1 aromatic carbocycles. The van der Waals surface area contributed by atoms with Gasteiger partial charge in [-0.2, -0.15) is 0 Å². The predicted molar refractivity (Wildman–Crippen MR) is 62.2 cm³/mol. The normalized spacial score (nSPS) is 9.76. The average molecular weight is 279 g/mol. The summed E-state index contributed by atoms with van der Waals surface area (Å²) in [5.74, 6) is -1.20. The number of benzene rings is 1. The summed E-state index contributed by atoms with van der Waals surface area (Å²) >= 11 is 11.5. The number of hydrogen-bond donors (Lipinski definition) is 3. The highest BCUT2D eigenvalue weighted by Crippen LogP contribution is 2.25. The summed E-state index contributed by atoms with van der Waals surface area (Å²) < 4.78 is 0. The van der Waals surface area contributed by atoms with Crippen LogP contribution in [0.2, 0.25) is 10.0 Å². The standard InChI is InChI=1S/C9H8Cl2N2O4/c10-5-1-2-6(11)7(3-5)12-9(16)13-17-4-8(14)15/h1-3H,4H2,(H,14,15)(H2,12,13,16). The third-order valence-corrected chi connectivity index (χ3v) is 2.10. The Kier molecular flexibility index (Phi) is 5.02. The van der Waals surface area contributed by atoms with Crippen LogP contribution in [0.25, 0.3) is 0 Å². The van der Waals surface area contributed by atoms with E-state index in [0.29, 0.717) is 10.0 Å². The third kappa shape index (κ3) is 4.90. The van der Waals surface area contributed by atoms with E-state index in [1.807, 2.05) is 5.48 Å². The molecule has 0 saturated carbocycles. The highest BCUT2D eigenvalue weighted by Gasteiger charge is 2.06. The lowest BCUT2D eigenvalue weighted by atomic mass is 10.3. The van der Waals surface area contributed by atoms with Crippen LogP contribution in [0.5, 0.6) is 0 Å². The summed E-state index contributed by atoms with van der Waals surface area (Å²) in [4.78, 5) is 25.7. The molecule has 1 rings (SSSR count). The van der Waals surface area contributed by atoms with Crippen LogP contribution in [0.1, 0.15) is 0 Å². The van der Waals surface area contributed by atoms with E-state index in [4.69, 9.17) is 28.3 Å². The highest BCUT2D eigenvalue weighted by atomic mass is 35.5. The van der Waals surface area contributed by atoms with Crippen molar-refractivity contribution in [2.24, 2.45) is 0 Å². The molecule has 92 valence electrons. The fourth-order valence-electron chi connectivity index (χ4n) is 0.904. The highest BCUT2D eigenvalue weighted by molar-refractivity contribution is 6.35. The van der Waals surface area contributed by atoms with E-state index in [1.165, 1.54) is 12.1 Å². The van der Waals surface area contributed by atoms with Crippen LogP contribution >= 0.6 is 23.2 Å². The lowest BCUT2D eigenvalue weighted by Gasteiger charge is -2.08. The van der Waals surface area contributed by atoms with Crippen LogP contribution in [0.15, 0.2) is 18.2 Å². The zero-order valence-corrected chi connectivity index (χ0v) is 9.88. The monoisotopic (exact) mass is 278 g/mol. The Hall–Kier alpha value is -1.50. The molecule has 0 aromatic heterocycles. The second-order valence-corrected chi connectivity index (χ2v) is 3.71. The van der Waals surface area contributed by atoms with E-state index >= 15 is 0 Å². The van der Waals surface area contributed by atoms with Crippen molar-refractivity contribution in [1.82, 2.24) is 5.48 Å². The number of carboxylic acid groups (broad SMARTS) is 1. The fraction of sp³-hybridized carbons (Fsp3) is 0.111. The lowest BCUT2D eigenvalue weighted by molar-refractivity contribution is -0.143. The number of hydroxylamine groups is 1. The number of halogens is 2. The minimum atomic E-state index is -1.20. The molecule has 0 atom stereocenters. The zero-order chi connectivity index (χ0) is 12.8. The molecule has 17 heavy (non-hydrogen) atoms. The summed E-state index contributed by atoms with van der Waals surface area (Å²) in [7, 11) is 0. The first-order valence-electron chi connectivity index (χ1n) is 4.34. The number of aliphatic carboxylic acids is 1. The Morgan fingerprint density at radius 2 is 2.06 bits per heavy atom. The summed E-state index contributed by atoms with van der Waals surface area (Å²) in [5.41, 5.74) is 2.16. The van der Waals surface area contributed by atoms with Crippen LogP contribution in [0.3, 0.4) is 0 Å². The Morgan fingerprint density at radius 1 is 1.35 bits per heavy atom. The Balaban J connectivity index is 2.50. The average Bonchev–Trinajstić information content (AvgIpc) is 2.23. The van der Waals surface area contributed by atoms with Crippen LogP contribution in [0, 0.1) is 0 Å². The van der Waals surface area contributed by atoms with Gasteiger partial charge in [0, 0.05) is 5.02 Å². The van der Waals surface area contributed by atoms with Crippen molar-refractivity contribution in [1.29, 1.82) is 0 Å². The molecule has 3 N–H and O–H groups in total. The van der Waals surface area contributed by atoms with Crippen LogP contribution < -0.4 is 10.8 Å². The van der Waals surface area contributed by atoms with Gasteiger partial charge in [0.1, 0.15) is 0 Å².